The second-order valence-corrected chi connectivity index (χ2v) is 4.47. The maximum Gasteiger partial charge on any atom is 0.246 e. The van der Waals surface area contributed by atoms with Gasteiger partial charge in [0.2, 0.25) is 5.91 Å². The Hall–Kier alpha value is -1.07. The first-order valence-electron chi connectivity index (χ1n) is 5.20. The van der Waals surface area contributed by atoms with E-state index in [9.17, 15) is 4.79 Å². The SMILES string of the molecule is COCC(=O)NC(C)c1ccc(OC)c(Br)c1. The van der Waals surface area contributed by atoms with Gasteiger partial charge in [0, 0.05) is 7.11 Å². The highest BCUT2D eigenvalue weighted by Crippen LogP contribution is 2.27. The quantitative estimate of drug-likeness (QED) is 0.908. The third-order valence-corrected chi connectivity index (χ3v) is 2.95. The minimum Gasteiger partial charge on any atom is -0.496 e. The average Bonchev–Trinajstić information content (AvgIpc) is 2.29. The molecule has 94 valence electrons. The predicted molar refractivity (Wildman–Crippen MR) is 69.1 cm³/mol. The standard InChI is InChI=1S/C12H16BrNO3/c1-8(14-12(15)7-16-2)9-4-5-11(17-3)10(13)6-9/h4-6,8H,7H2,1-3H3,(H,14,15). The lowest BCUT2D eigenvalue weighted by molar-refractivity contribution is -0.125. The molecule has 0 saturated heterocycles. The number of methoxy groups -OCH3 is 2. The Labute approximate surface area is 109 Å². The van der Waals surface area contributed by atoms with E-state index in [4.69, 9.17) is 9.47 Å². The van der Waals surface area contributed by atoms with E-state index in [2.05, 4.69) is 21.2 Å². The molecule has 0 saturated carbocycles. The van der Waals surface area contributed by atoms with E-state index in [-0.39, 0.29) is 18.6 Å². The van der Waals surface area contributed by atoms with Gasteiger partial charge in [-0.2, -0.15) is 0 Å². The summed E-state index contributed by atoms with van der Waals surface area (Å²) in [6.45, 7) is 1.99. The Morgan fingerprint density at radius 2 is 2.18 bits per heavy atom. The monoisotopic (exact) mass is 301 g/mol. The van der Waals surface area contributed by atoms with Crippen molar-refractivity contribution in [3.05, 3.63) is 28.2 Å². The van der Waals surface area contributed by atoms with Crippen LogP contribution >= 0.6 is 15.9 Å². The maximum atomic E-state index is 11.4. The van der Waals surface area contributed by atoms with Gasteiger partial charge in [-0.1, -0.05) is 6.07 Å². The van der Waals surface area contributed by atoms with Crippen LogP contribution in [0.25, 0.3) is 0 Å². The fraction of sp³-hybridized carbons (Fsp3) is 0.417. The van der Waals surface area contributed by atoms with Gasteiger partial charge in [-0.3, -0.25) is 4.79 Å². The largest absolute Gasteiger partial charge is 0.496 e. The third kappa shape index (κ3) is 4.02. The zero-order chi connectivity index (χ0) is 12.8. The summed E-state index contributed by atoms with van der Waals surface area (Å²) in [7, 11) is 3.11. The number of carbonyl (C=O) groups excluding carboxylic acids is 1. The molecule has 0 fully saturated rings. The van der Waals surface area contributed by atoms with Crippen LogP contribution in [0.1, 0.15) is 18.5 Å². The van der Waals surface area contributed by atoms with E-state index in [0.29, 0.717) is 0 Å². The Morgan fingerprint density at radius 1 is 1.47 bits per heavy atom. The van der Waals surface area contributed by atoms with Crippen molar-refractivity contribution in [2.24, 2.45) is 0 Å². The normalized spacial score (nSPS) is 12.0. The van der Waals surface area contributed by atoms with Crippen LogP contribution in [0.3, 0.4) is 0 Å². The van der Waals surface area contributed by atoms with Crippen molar-refractivity contribution < 1.29 is 14.3 Å². The maximum absolute atomic E-state index is 11.4. The first-order valence-corrected chi connectivity index (χ1v) is 5.99. The smallest absolute Gasteiger partial charge is 0.246 e. The van der Waals surface area contributed by atoms with E-state index >= 15 is 0 Å². The Kier molecular flexibility index (Phi) is 5.44. The summed E-state index contributed by atoms with van der Waals surface area (Å²) >= 11 is 3.41. The van der Waals surface area contributed by atoms with E-state index < -0.39 is 0 Å². The molecule has 1 amide bonds. The molecule has 0 heterocycles. The fourth-order valence-corrected chi connectivity index (χ4v) is 2.01. The van der Waals surface area contributed by atoms with Gasteiger partial charge in [0.1, 0.15) is 12.4 Å². The van der Waals surface area contributed by atoms with Crippen LogP contribution in [0, 0.1) is 0 Å². The van der Waals surface area contributed by atoms with Crippen LogP contribution < -0.4 is 10.1 Å². The van der Waals surface area contributed by atoms with Gasteiger partial charge in [-0.15, -0.1) is 0 Å². The zero-order valence-electron chi connectivity index (χ0n) is 10.1. The van der Waals surface area contributed by atoms with Crippen LogP contribution in [0.5, 0.6) is 5.75 Å². The lowest BCUT2D eigenvalue weighted by Gasteiger charge is -2.15. The molecule has 1 rings (SSSR count). The highest BCUT2D eigenvalue weighted by molar-refractivity contribution is 9.10. The second kappa shape index (κ2) is 6.61. The zero-order valence-corrected chi connectivity index (χ0v) is 11.7. The van der Waals surface area contributed by atoms with Crippen molar-refractivity contribution in [3.8, 4) is 5.75 Å². The molecule has 17 heavy (non-hydrogen) atoms. The molecule has 0 radical (unpaired) electrons. The first-order chi connectivity index (χ1) is 8.08. The van der Waals surface area contributed by atoms with Crippen molar-refractivity contribution in [2.75, 3.05) is 20.8 Å². The number of benzene rings is 1. The van der Waals surface area contributed by atoms with Crippen molar-refractivity contribution >= 4 is 21.8 Å². The fourth-order valence-electron chi connectivity index (χ4n) is 1.45. The minimum absolute atomic E-state index is 0.0696. The number of amides is 1. The van der Waals surface area contributed by atoms with Crippen LogP contribution in [-0.2, 0) is 9.53 Å². The lowest BCUT2D eigenvalue weighted by atomic mass is 10.1. The molecule has 1 atom stereocenters. The number of nitrogens with one attached hydrogen (secondary N) is 1. The molecule has 0 spiro atoms. The highest BCUT2D eigenvalue weighted by Gasteiger charge is 2.11. The second-order valence-electron chi connectivity index (χ2n) is 3.62. The molecular weight excluding hydrogens is 286 g/mol. The van der Waals surface area contributed by atoms with Crippen molar-refractivity contribution in [2.45, 2.75) is 13.0 Å². The Bertz CT molecular complexity index is 395. The van der Waals surface area contributed by atoms with Gasteiger partial charge in [0.05, 0.1) is 17.6 Å². The van der Waals surface area contributed by atoms with Gasteiger partial charge >= 0.3 is 0 Å². The van der Waals surface area contributed by atoms with Gasteiger partial charge in [0.15, 0.2) is 0 Å². The number of halogens is 1. The van der Waals surface area contributed by atoms with Crippen molar-refractivity contribution in [1.82, 2.24) is 5.32 Å². The summed E-state index contributed by atoms with van der Waals surface area (Å²) in [4.78, 5) is 11.4. The van der Waals surface area contributed by atoms with Crippen LogP contribution in [0.15, 0.2) is 22.7 Å². The molecule has 1 unspecified atom stereocenters. The molecular formula is C12H16BrNO3. The molecule has 5 heteroatoms. The predicted octanol–water partition coefficient (Wildman–Crippen LogP) is 2.28. The van der Waals surface area contributed by atoms with Gasteiger partial charge in [-0.25, -0.2) is 0 Å². The summed E-state index contributed by atoms with van der Waals surface area (Å²) in [5.41, 5.74) is 1.00. The molecule has 1 aromatic rings. The molecule has 4 nitrogen and oxygen atoms in total. The summed E-state index contributed by atoms with van der Waals surface area (Å²) in [6, 6.07) is 5.64. The van der Waals surface area contributed by atoms with Gasteiger partial charge in [-0.05, 0) is 40.5 Å². The summed E-state index contributed by atoms with van der Waals surface area (Å²) in [5.74, 6) is 0.635. The van der Waals surface area contributed by atoms with E-state index in [1.165, 1.54) is 7.11 Å². The minimum atomic E-state index is -0.132. The first kappa shape index (κ1) is 14.0. The van der Waals surface area contributed by atoms with E-state index in [0.717, 1.165) is 15.8 Å². The summed E-state index contributed by atoms with van der Waals surface area (Å²) in [6.07, 6.45) is 0. The molecule has 0 aliphatic heterocycles. The number of ether oxygens (including phenoxy) is 2. The van der Waals surface area contributed by atoms with Crippen LogP contribution in [0.2, 0.25) is 0 Å². The number of hydrogen-bond acceptors (Lipinski definition) is 3. The Balaban J connectivity index is 2.72. The lowest BCUT2D eigenvalue weighted by Crippen LogP contribution is -2.29. The number of carbonyl (C=O) groups is 1. The average molecular weight is 302 g/mol. The van der Waals surface area contributed by atoms with E-state index in [1.54, 1.807) is 7.11 Å². The van der Waals surface area contributed by atoms with Crippen LogP contribution in [-0.4, -0.2) is 26.7 Å². The Morgan fingerprint density at radius 3 is 2.71 bits per heavy atom. The molecule has 0 aliphatic carbocycles. The molecule has 0 aromatic heterocycles. The molecule has 0 bridgehead atoms. The van der Waals surface area contributed by atoms with Crippen molar-refractivity contribution in [1.29, 1.82) is 0 Å². The molecule has 0 aliphatic rings. The van der Waals surface area contributed by atoms with Gasteiger partial charge in [0.25, 0.3) is 0 Å². The molecule has 1 aromatic carbocycles. The number of hydrogen-bond donors (Lipinski definition) is 1. The van der Waals surface area contributed by atoms with E-state index in [1.807, 2.05) is 25.1 Å². The highest BCUT2D eigenvalue weighted by atomic mass is 79.9. The summed E-state index contributed by atoms with van der Waals surface area (Å²) in [5, 5.41) is 2.84. The topological polar surface area (TPSA) is 47.6 Å². The summed E-state index contributed by atoms with van der Waals surface area (Å²) < 4.78 is 10.8. The third-order valence-electron chi connectivity index (χ3n) is 2.33. The number of rotatable bonds is 5. The van der Waals surface area contributed by atoms with Crippen LogP contribution in [0.4, 0.5) is 0 Å². The van der Waals surface area contributed by atoms with Gasteiger partial charge < -0.3 is 14.8 Å². The van der Waals surface area contributed by atoms with Crippen molar-refractivity contribution in [3.63, 3.8) is 0 Å². The molecule has 1 N–H and O–H groups in total.